The highest BCUT2D eigenvalue weighted by Crippen LogP contribution is 2.09. The quantitative estimate of drug-likeness (QED) is 0.639. The van der Waals surface area contributed by atoms with E-state index in [4.69, 9.17) is 0 Å². The number of fused-ring (bicyclic) bond motifs is 1. The first-order valence-electron chi connectivity index (χ1n) is 7.51. The second-order valence-electron chi connectivity index (χ2n) is 5.26. The van der Waals surface area contributed by atoms with E-state index in [9.17, 15) is 14.4 Å². The molecule has 1 amide bonds. The number of carbonyl (C=O) groups is 1. The van der Waals surface area contributed by atoms with Crippen molar-refractivity contribution >= 4 is 16.9 Å². The van der Waals surface area contributed by atoms with Gasteiger partial charge in [0.25, 0.3) is 0 Å². The van der Waals surface area contributed by atoms with Crippen molar-refractivity contribution in [2.45, 2.75) is 32.7 Å². The maximum absolute atomic E-state index is 12.2. The molecule has 0 atom stereocenters. The molecule has 0 aliphatic rings. The molecule has 2 aromatic rings. The summed E-state index contributed by atoms with van der Waals surface area (Å²) in [5.41, 5.74) is 0.169. The molecule has 1 heterocycles. The Bertz CT molecular complexity index is 789. The monoisotopic (exact) mass is 303 g/mol. The van der Waals surface area contributed by atoms with Gasteiger partial charge in [-0.1, -0.05) is 25.5 Å². The fraction of sp³-hybridized carbons (Fsp3) is 0.438. The van der Waals surface area contributed by atoms with E-state index in [1.807, 2.05) is 12.1 Å². The summed E-state index contributed by atoms with van der Waals surface area (Å²) in [5.74, 6) is -0.106. The largest absolute Gasteiger partial charge is 0.356 e. The van der Waals surface area contributed by atoms with Gasteiger partial charge in [-0.25, -0.2) is 0 Å². The predicted molar refractivity (Wildman–Crippen MR) is 86.0 cm³/mol. The maximum Gasteiger partial charge on any atom is 0.316 e. The van der Waals surface area contributed by atoms with Crippen molar-refractivity contribution < 1.29 is 4.79 Å². The molecule has 2 rings (SSSR count). The average molecular weight is 303 g/mol. The number of aromatic nitrogens is 2. The van der Waals surface area contributed by atoms with E-state index in [0.29, 0.717) is 17.6 Å². The number of unbranched alkanes of at least 4 members (excludes halogenated alkanes) is 1. The fourth-order valence-electron chi connectivity index (χ4n) is 2.38. The zero-order valence-electron chi connectivity index (χ0n) is 13.0. The molecule has 1 N–H and O–H groups in total. The van der Waals surface area contributed by atoms with Crippen LogP contribution in [0.25, 0.3) is 11.0 Å². The molecular formula is C16H21N3O3. The van der Waals surface area contributed by atoms with Crippen molar-refractivity contribution in [2.75, 3.05) is 6.54 Å². The van der Waals surface area contributed by atoms with Crippen LogP contribution in [0.1, 0.15) is 26.2 Å². The van der Waals surface area contributed by atoms with E-state index in [1.54, 1.807) is 19.2 Å². The van der Waals surface area contributed by atoms with Crippen LogP contribution in [-0.2, 0) is 18.4 Å². The SMILES string of the molecule is CCCCNC(=O)CCn1c(=O)c(=O)n(C)c2ccccc21. The minimum absolute atomic E-state index is 0.106. The van der Waals surface area contributed by atoms with Crippen molar-refractivity contribution in [1.82, 2.24) is 14.5 Å². The maximum atomic E-state index is 12.2. The van der Waals surface area contributed by atoms with E-state index >= 15 is 0 Å². The van der Waals surface area contributed by atoms with Crippen LogP contribution in [0.2, 0.25) is 0 Å². The summed E-state index contributed by atoms with van der Waals surface area (Å²) in [6.45, 7) is 2.90. The number of aryl methyl sites for hydroxylation is 2. The Morgan fingerprint density at radius 3 is 2.50 bits per heavy atom. The van der Waals surface area contributed by atoms with Crippen LogP contribution < -0.4 is 16.4 Å². The van der Waals surface area contributed by atoms with Gasteiger partial charge in [0.15, 0.2) is 0 Å². The lowest BCUT2D eigenvalue weighted by Gasteiger charge is -2.12. The Balaban J connectivity index is 2.26. The first-order chi connectivity index (χ1) is 10.6. The fourth-order valence-corrected chi connectivity index (χ4v) is 2.38. The van der Waals surface area contributed by atoms with Crippen molar-refractivity contribution in [3.63, 3.8) is 0 Å². The first-order valence-corrected chi connectivity index (χ1v) is 7.51. The minimum atomic E-state index is -0.595. The Hall–Kier alpha value is -2.37. The minimum Gasteiger partial charge on any atom is -0.356 e. The topological polar surface area (TPSA) is 73.1 Å². The highest BCUT2D eigenvalue weighted by molar-refractivity contribution is 5.77. The average Bonchev–Trinajstić information content (AvgIpc) is 2.53. The number of amides is 1. The number of hydrogen-bond acceptors (Lipinski definition) is 3. The number of hydrogen-bond donors (Lipinski definition) is 1. The summed E-state index contributed by atoms with van der Waals surface area (Å²) in [4.78, 5) is 35.9. The van der Waals surface area contributed by atoms with E-state index in [1.165, 1.54) is 9.13 Å². The summed E-state index contributed by atoms with van der Waals surface area (Å²) < 4.78 is 2.73. The molecule has 0 unspecified atom stereocenters. The zero-order valence-corrected chi connectivity index (χ0v) is 13.0. The molecule has 0 saturated heterocycles. The Kier molecular flexibility index (Phi) is 5.14. The Labute approximate surface area is 128 Å². The van der Waals surface area contributed by atoms with Crippen molar-refractivity contribution in [2.24, 2.45) is 7.05 Å². The molecule has 0 aliphatic carbocycles. The highest BCUT2D eigenvalue weighted by atomic mass is 16.2. The van der Waals surface area contributed by atoms with Gasteiger partial charge in [0, 0.05) is 26.6 Å². The Morgan fingerprint density at radius 2 is 1.82 bits per heavy atom. The third-order valence-electron chi connectivity index (χ3n) is 3.68. The summed E-state index contributed by atoms with van der Waals surface area (Å²) in [5, 5.41) is 2.81. The smallest absolute Gasteiger partial charge is 0.316 e. The standard InChI is InChI=1S/C16H21N3O3/c1-3-4-10-17-14(20)9-11-19-13-8-6-5-7-12(13)18(2)15(21)16(19)22/h5-8H,3-4,9-11H2,1-2H3,(H,17,20). The van der Waals surface area contributed by atoms with Crippen LogP contribution in [0, 0.1) is 0 Å². The van der Waals surface area contributed by atoms with Crippen molar-refractivity contribution in [1.29, 1.82) is 0 Å². The van der Waals surface area contributed by atoms with Crippen LogP contribution in [0.5, 0.6) is 0 Å². The van der Waals surface area contributed by atoms with Gasteiger partial charge in [0.2, 0.25) is 5.91 Å². The number of para-hydroxylation sites is 2. The molecule has 0 radical (unpaired) electrons. The molecule has 22 heavy (non-hydrogen) atoms. The normalized spacial score (nSPS) is 10.8. The van der Waals surface area contributed by atoms with Gasteiger partial charge in [-0.3, -0.25) is 14.4 Å². The summed E-state index contributed by atoms with van der Waals surface area (Å²) >= 11 is 0. The van der Waals surface area contributed by atoms with Crippen molar-refractivity contribution in [3.8, 4) is 0 Å². The molecule has 1 aromatic carbocycles. The lowest BCUT2D eigenvalue weighted by molar-refractivity contribution is -0.121. The third-order valence-corrected chi connectivity index (χ3v) is 3.68. The van der Waals surface area contributed by atoms with Crippen LogP contribution in [0.15, 0.2) is 33.9 Å². The lowest BCUT2D eigenvalue weighted by Crippen LogP contribution is -2.41. The number of carbonyl (C=O) groups excluding carboxylic acids is 1. The van der Waals surface area contributed by atoms with Crippen LogP contribution in [0.3, 0.4) is 0 Å². The number of nitrogens with one attached hydrogen (secondary N) is 1. The first kappa shape index (κ1) is 16.0. The summed E-state index contributed by atoms with van der Waals surface area (Å²) in [6.07, 6.45) is 2.13. The summed E-state index contributed by atoms with van der Waals surface area (Å²) in [7, 11) is 1.58. The van der Waals surface area contributed by atoms with E-state index in [0.717, 1.165) is 12.8 Å². The van der Waals surface area contributed by atoms with Gasteiger partial charge >= 0.3 is 11.1 Å². The van der Waals surface area contributed by atoms with Crippen molar-refractivity contribution in [3.05, 3.63) is 45.0 Å². The number of benzene rings is 1. The third kappa shape index (κ3) is 3.27. The van der Waals surface area contributed by atoms with Gasteiger partial charge in [-0.2, -0.15) is 0 Å². The second kappa shape index (κ2) is 7.06. The van der Waals surface area contributed by atoms with E-state index in [-0.39, 0.29) is 18.9 Å². The molecule has 1 aromatic heterocycles. The molecule has 0 bridgehead atoms. The molecule has 6 nitrogen and oxygen atoms in total. The van der Waals surface area contributed by atoms with Gasteiger partial charge in [-0.05, 0) is 18.6 Å². The molecule has 0 saturated carbocycles. The van der Waals surface area contributed by atoms with Gasteiger partial charge in [-0.15, -0.1) is 0 Å². The van der Waals surface area contributed by atoms with Gasteiger partial charge < -0.3 is 14.5 Å². The van der Waals surface area contributed by atoms with E-state index in [2.05, 4.69) is 12.2 Å². The molecule has 6 heteroatoms. The summed E-state index contributed by atoms with van der Waals surface area (Å²) in [6, 6.07) is 7.19. The Morgan fingerprint density at radius 1 is 1.14 bits per heavy atom. The molecule has 0 fully saturated rings. The second-order valence-corrected chi connectivity index (χ2v) is 5.26. The molecular weight excluding hydrogens is 282 g/mol. The van der Waals surface area contributed by atoms with Crippen LogP contribution in [0.4, 0.5) is 0 Å². The van der Waals surface area contributed by atoms with Crippen LogP contribution >= 0.6 is 0 Å². The number of rotatable bonds is 6. The van der Waals surface area contributed by atoms with Crippen LogP contribution in [-0.4, -0.2) is 21.6 Å². The zero-order chi connectivity index (χ0) is 16.1. The molecule has 0 spiro atoms. The van der Waals surface area contributed by atoms with E-state index < -0.39 is 11.1 Å². The molecule has 118 valence electrons. The predicted octanol–water partition coefficient (Wildman–Crippen LogP) is 1.01. The lowest BCUT2D eigenvalue weighted by atomic mass is 10.2. The number of nitrogens with zero attached hydrogens (tertiary/aromatic N) is 2. The van der Waals surface area contributed by atoms with Gasteiger partial charge in [0.05, 0.1) is 11.0 Å². The highest BCUT2D eigenvalue weighted by Gasteiger charge is 2.11. The molecule has 0 aliphatic heterocycles. The van der Waals surface area contributed by atoms with Gasteiger partial charge in [0.1, 0.15) is 0 Å².